The first-order chi connectivity index (χ1) is 11.3. The van der Waals surface area contributed by atoms with Crippen molar-refractivity contribution in [3.05, 3.63) is 23.8 Å². The third kappa shape index (κ3) is 3.84. The number of nitrogens with one attached hydrogen (secondary N) is 2. The van der Waals surface area contributed by atoms with Gasteiger partial charge in [-0.25, -0.2) is 8.42 Å². The molecule has 7 nitrogen and oxygen atoms in total. The quantitative estimate of drug-likeness (QED) is 0.821. The van der Waals surface area contributed by atoms with E-state index in [1.807, 2.05) is 6.92 Å². The summed E-state index contributed by atoms with van der Waals surface area (Å²) < 4.78 is 55.2. The fraction of sp³-hybridized carbons (Fsp3) is 0.600. The van der Waals surface area contributed by atoms with E-state index in [0.717, 1.165) is 31.2 Å². The second-order valence-electron chi connectivity index (χ2n) is 6.45. The van der Waals surface area contributed by atoms with Gasteiger partial charge in [0.05, 0.1) is 17.1 Å². The Hall–Kier alpha value is -1.32. The lowest BCUT2D eigenvalue weighted by Crippen LogP contribution is -2.37. The van der Waals surface area contributed by atoms with E-state index in [4.69, 9.17) is 0 Å². The highest BCUT2D eigenvalue weighted by atomic mass is 32.2. The van der Waals surface area contributed by atoms with E-state index in [1.54, 1.807) is 18.2 Å². The topological polar surface area (TPSA) is 95.6 Å². The highest BCUT2D eigenvalue weighted by Crippen LogP contribution is 2.30. The van der Waals surface area contributed by atoms with E-state index in [0.29, 0.717) is 24.3 Å². The molecule has 24 heavy (non-hydrogen) atoms. The maximum absolute atomic E-state index is 12.2. The van der Waals surface area contributed by atoms with Gasteiger partial charge in [0.15, 0.2) is 0 Å². The van der Waals surface area contributed by atoms with Crippen molar-refractivity contribution in [1.82, 2.24) is 4.72 Å². The summed E-state index contributed by atoms with van der Waals surface area (Å²) in [7, 11) is -6.97. The van der Waals surface area contributed by atoms with Crippen LogP contribution in [0.5, 0.6) is 0 Å². The van der Waals surface area contributed by atoms with Crippen LogP contribution >= 0.6 is 0 Å². The molecule has 0 atom stereocenters. The Bertz CT molecular complexity index is 815. The van der Waals surface area contributed by atoms with E-state index < -0.39 is 20.2 Å². The molecule has 2 fully saturated rings. The Morgan fingerprint density at radius 3 is 2.50 bits per heavy atom. The van der Waals surface area contributed by atoms with Crippen LogP contribution in [0.15, 0.2) is 18.2 Å². The SMILES string of the molecule is Cc1ccc(NS(=O)(=O)NC2CCCC2)cc1N1CCCS1(=O)=O. The maximum atomic E-state index is 12.2. The molecule has 1 aliphatic heterocycles. The molecule has 1 aromatic carbocycles. The second-order valence-corrected chi connectivity index (χ2v) is 9.91. The molecular weight excluding hydrogens is 350 g/mol. The summed E-state index contributed by atoms with van der Waals surface area (Å²) in [6, 6.07) is 4.95. The molecule has 9 heteroatoms. The van der Waals surface area contributed by atoms with Crippen LogP contribution in [-0.4, -0.2) is 35.2 Å². The number of hydrogen-bond acceptors (Lipinski definition) is 4. The minimum atomic E-state index is -3.67. The van der Waals surface area contributed by atoms with Gasteiger partial charge >= 0.3 is 0 Å². The minimum Gasteiger partial charge on any atom is -0.271 e. The molecule has 1 saturated carbocycles. The number of hydrogen-bond donors (Lipinski definition) is 2. The summed E-state index contributed by atoms with van der Waals surface area (Å²) in [5.74, 6) is 0.131. The van der Waals surface area contributed by atoms with Crippen LogP contribution < -0.4 is 13.7 Å². The predicted octanol–water partition coefficient (Wildman–Crippen LogP) is 1.72. The van der Waals surface area contributed by atoms with E-state index in [9.17, 15) is 16.8 Å². The van der Waals surface area contributed by atoms with Gasteiger partial charge in [-0.15, -0.1) is 0 Å². The van der Waals surface area contributed by atoms with Gasteiger partial charge in [-0.05, 0) is 43.9 Å². The largest absolute Gasteiger partial charge is 0.299 e. The molecule has 1 aliphatic carbocycles. The normalized spacial score (nSPS) is 21.3. The van der Waals surface area contributed by atoms with Crippen LogP contribution in [0.25, 0.3) is 0 Å². The van der Waals surface area contributed by atoms with Crippen LogP contribution in [-0.2, 0) is 20.2 Å². The lowest BCUT2D eigenvalue weighted by Gasteiger charge is -2.21. The monoisotopic (exact) mass is 373 g/mol. The first-order valence-electron chi connectivity index (χ1n) is 8.18. The van der Waals surface area contributed by atoms with Crippen molar-refractivity contribution in [2.45, 2.75) is 45.1 Å². The Kier molecular flexibility index (Phi) is 4.76. The van der Waals surface area contributed by atoms with Gasteiger partial charge in [-0.2, -0.15) is 13.1 Å². The smallest absolute Gasteiger partial charge is 0.271 e. The zero-order valence-electron chi connectivity index (χ0n) is 13.7. The molecule has 2 aliphatic rings. The fourth-order valence-electron chi connectivity index (χ4n) is 3.30. The summed E-state index contributed by atoms with van der Waals surface area (Å²) in [6.45, 7) is 2.25. The van der Waals surface area contributed by atoms with Crippen LogP contribution in [0.1, 0.15) is 37.7 Å². The third-order valence-electron chi connectivity index (χ3n) is 4.51. The van der Waals surface area contributed by atoms with Gasteiger partial charge in [0.25, 0.3) is 10.2 Å². The highest BCUT2D eigenvalue weighted by molar-refractivity contribution is 7.93. The van der Waals surface area contributed by atoms with Crippen molar-refractivity contribution in [3.63, 3.8) is 0 Å². The van der Waals surface area contributed by atoms with Crippen LogP contribution in [0, 0.1) is 6.92 Å². The van der Waals surface area contributed by atoms with Crippen molar-refractivity contribution in [2.75, 3.05) is 21.3 Å². The maximum Gasteiger partial charge on any atom is 0.299 e. The Morgan fingerprint density at radius 1 is 1.17 bits per heavy atom. The average Bonchev–Trinajstić information content (AvgIpc) is 3.09. The Labute approximate surface area is 143 Å². The summed E-state index contributed by atoms with van der Waals surface area (Å²) in [5, 5.41) is 0. The third-order valence-corrected chi connectivity index (χ3v) is 7.51. The highest BCUT2D eigenvalue weighted by Gasteiger charge is 2.30. The molecule has 134 valence electrons. The number of sulfonamides is 1. The molecule has 0 amide bonds. The fourth-order valence-corrected chi connectivity index (χ4v) is 6.09. The number of aryl methyl sites for hydroxylation is 1. The van der Waals surface area contributed by atoms with E-state index >= 15 is 0 Å². The Morgan fingerprint density at radius 2 is 1.88 bits per heavy atom. The van der Waals surface area contributed by atoms with Gasteiger partial charge in [0, 0.05) is 12.6 Å². The van der Waals surface area contributed by atoms with E-state index in [2.05, 4.69) is 9.44 Å². The van der Waals surface area contributed by atoms with Gasteiger partial charge in [0.1, 0.15) is 0 Å². The Balaban J connectivity index is 1.81. The molecule has 1 saturated heterocycles. The van der Waals surface area contributed by atoms with Crippen molar-refractivity contribution in [1.29, 1.82) is 0 Å². The first kappa shape index (κ1) is 17.5. The molecule has 0 unspecified atom stereocenters. The number of rotatable bonds is 5. The standard InChI is InChI=1S/C15H23N3O4S2/c1-12-7-8-14(11-15(12)18-9-4-10-23(18,19)20)17-24(21,22)16-13-5-2-3-6-13/h7-8,11,13,16-17H,2-6,9-10H2,1H3. The van der Waals surface area contributed by atoms with Gasteiger partial charge in [-0.1, -0.05) is 18.9 Å². The summed E-state index contributed by atoms with van der Waals surface area (Å²) in [4.78, 5) is 0. The molecular formula is C15H23N3O4S2. The van der Waals surface area contributed by atoms with E-state index in [-0.39, 0.29) is 11.8 Å². The van der Waals surface area contributed by atoms with Crippen molar-refractivity contribution < 1.29 is 16.8 Å². The molecule has 0 bridgehead atoms. The van der Waals surface area contributed by atoms with Gasteiger partial charge in [0.2, 0.25) is 10.0 Å². The number of anilines is 2. The van der Waals surface area contributed by atoms with Crippen LogP contribution in [0.3, 0.4) is 0 Å². The lowest BCUT2D eigenvalue weighted by molar-refractivity contribution is 0.557. The summed E-state index contributed by atoms with van der Waals surface area (Å²) in [5.41, 5.74) is 1.70. The summed E-state index contributed by atoms with van der Waals surface area (Å²) >= 11 is 0. The first-order valence-corrected chi connectivity index (χ1v) is 11.3. The van der Waals surface area contributed by atoms with Crippen molar-refractivity contribution in [2.24, 2.45) is 0 Å². The molecule has 0 radical (unpaired) electrons. The molecule has 1 aromatic rings. The van der Waals surface area contributed by atoms with Gasteiger partial charge in [-0.3, -0.25) is 9.03 Å². The molecule has 0 aromatic heterocycles. The number of nitrogens with zero attached hydrogens (tertiary/aromatic N) is 1. The van der Waals surface area contributed by atoms with Crippen LogP contribution in [0.2, 0.25) is 0 Å². The zero-order valence-corrected chi connectivity index (χ0v) is 15.3. The van der Waals surface area contributed by atoms with Crippen molar-refractivity contribution >= 4 is 31.6 Å². The number of benzene rings is 1. The summed E-state index contributed by atoms with van der Waals surface area (Å²) in [6.07, 6.45) is 4.36. The average molecular weight is 374 g/mol. The van der Waals surface area contributed by atoms with Crippen molar-refractivity contribution in [3.8, 4) is 0 Å². The molecule has 1 heterocycles. The zero-order chi connectivity index (χ0) is 17.4. The minimum absolute atomic E-state index is 0.0219. The van der Waals surface area contributed by atoms with Gasteiger partial charge < -0.3 is 0 Å². The molecule has 3 rings (SSSR count). The predicted molar refractivity (Wildman–Crippen MR) is 94.9 cm³/mol. The van der Waals surface area contributed by atoms with E-state index in [1.165, 1.54) is 4.31 Å². The lowest BCUT2D eigenvalue weighted by atomic mass is 10.2. The van der Waals surface area contributed by atoms with Crippen LogP contribution in [0.4, 0.5) is 11.4 Å². The molecule has 2 N–H and O–H groups in total. The molecule has 0 spiro atoms. The second kappa shape index (κ2) is 6.53.